The van der Waals surface area contributed by atoms with Gasteiger partial charge in [-0.15, -0.1) is 0 Å². The third-order valence-corrected chi connectivity index (χ3v) is 5.76. The zero-order chi connectivity index (χ0) is 23.5. The summed E-state index contributed by atoms with van der Waals surface area (Å²) in [6, 6.07) is 6.58. The second kappa shape index (κ2) is 9.70. The first-order chi connectivity index (χ1) is 15.2. The van der Waals surface area contributed by atoms with Gasteiger partial charge in [0.1, 0.15) is 11.2 Å². The molecule has 10 heteroatoms. The van der Waals surface area contributed by atoms with Gasteiger partial charge in [0.2, 0.25) is 5.91 Å². The maximum Gasteiger partial charge on any atom is 0.358 e. The average molecular weight is 463 g/mol. The van der Waals surface area contributed by atoms with Crippen molar-refractivity contribution in [3.05, 3.63) is 46.2 Å². The number of aryl methyl sites for hydroxylation is 1. The summed E-state index contributed by atoms with van der Waals surface area (Å²) >= 11 is 6.32. The summed E-state index contributed by atoms with van der Waals surface area (Å²) < 4.78 is 11.4. The van der Waals surface area contributed by atoms with Gasteiger partial charge >= 0.3 is 5.97 Å². The summed E-state index contributed by atoms with van der Waals surface area (Å²) in [4.78, 5) is 40.5. The molecule has 1 aromatic heterocycles. The number of amides is 2. The smallest absolute Gasteiger partial charge is 0.358 e. The highest BCUT2D eigenvalue weighted by Gasteiger charge is 2.49. The SMILES string of the molecule is CCOC(=O)c1cc2n(n1)CC(C)(C(=O)NCCCOC)N(c1ccc(C)c(Cl)c1)C2=O. The second-order valence-electron chi connectivity index (χ2n) is 7.74. The summed E-state index contributed by atoms with van der Waals surface area (Å²) in [6.45, 7) is 6.33. The van der Waals surface area contributed by atoms with E-state index in [0.717, 1.165) is 5.56 Å². The third kappa shape index (κ3) is 4.49. The van der Waals surface area contributed by atoms with Crippen molar-refractivity contribution in [2.24, 2.45) is 0 Å². The van der Waals surface area contributed by atoms with Crippen LogP contribution in [0.15, 0.2) is 24.3 Å². The lowest BCUT2D eigenvalue weighted by molar-refractivity contribution is -0.126. The van der Waals surface area contributed by atoms with Crippen LogP contribution in [0.4, 0.5) is 5.69 Å². The molecule has 0 fully saturated rings. The minimum atomic E-state index is -1.31. The summed E-state index contributed by atoms with van der Waals surface area (Å²) in [5.41, 5.74) is 0.218. The molecular formula is C22H27ClN4O5. The van der Waals surface area contributed by atoms with Gasteiger partial charge in [0.05, 0.1) is 13.2 Å². The van der Waals surface area contributed by atoms with Crippen LogP contribution < -0.4 is 10.2 Å². The maximum absolute atomic E-state index is 13.6. The Bertz CT molecular complexity index is 1040. The number of fused-ring (bicyclic) bond motifs is 1. The number of ether oxygens (including phenoxy) is 2. The summed E-state index contributed by atoms with van der Waals surface area (Å²) in [5, 5.41) is 7.59. The minimum absolute atomic E-state index is 0.0156. The predicted molar refractivity (Wildman–Crippen MR) is 119 cm³/mol. The number of hydrogen-bond donors (Lipinski definition) is 1. The summed E-state index contributed by atoms with van der Waals surface area (Å²) in [7, 11) is 1.59. The highest BCUT2D eigenvalue weighted by atomic mass is 35.5. The molecule has 0 aliphatic carbocycles. The van der Waals surface area contributed by atoms with Crippen LogP contribution in [-0.2, 0) is 20.8 Å². The zero-order valence-electron chi connectivity index (χ0n) is 18.6. The Balaban J connectivity index is 2.04. The number of halogens is 1. The van der Waals surface area contributed by atoms with Gasteiger partial charge in [-0.3, -0.25) is 19.2 Å². The van der Waals surface area contributed by atoms with Crippen molar-refractivity contribution in [2.75, 3.05) is 31.8 Å². The van der Waals surface area contributed by atoms with Crippen molar-refractivity contribution in [3.63, 3.8) is 0 Å². The van der Waals surface area contributed by atoms with Crippen LogP contribution in [0.1, 0.15) is 46.8 Å². The molecule has 0 bridgehead atoms. The molecule has 0 radical (unpaired) electrons. The van der Waals surface area contributed by atoms with E-state index < -0.39 is 17.4 Å². The molecule has 0 spiro atoms. The second-order valence-corrected chi connectivity index (χ2v) is 8.15. The van der Waals surface area contributed by atoms with E-state index in [0.29, 0.717) is 30.3 Å². The Morgan fingerprint density at radius 2 is 2.06 bits per heavy atom. The van der Waals surface area contributed by atoms with Gasteiger partial charge in [-0.1, -0.05) is 17.7 Å². The first-order valence-electron chi connectivity index (χ1n) is 10.4. The molecule has 9 nitrogen and oxygen atoms in total. The number of methoxy groups -OCH3 is 1. The fourth-order valence-electron chi connectivity index (χ4n) is 3.62. The molecule has 3 rings (SSSR count). The number of esters is 1. The normalized spacial score (nSPS) is 17.8. The van der Waals surface area contributed by atoms with Crippen molar-refractivity contribution in [1.29, 1.82) is 0 Å². The number of aromatic nitrogens is 2. The van der Waals surface area contributed by atoms with Crippen LogP contribution in [0.2, 0.25) is 5.02 Å². The number of nitrogens with zero attached hydrogens (tertiary/aromatic N) is 3. The van der Waals surface area contributed by atoms with Crippen molar-refractivity contribution in [3.8, 4) is 0 Å². The van der Waals surface area contributed by atoms with Crippen molar-refractivity contribution >= 4 is 35.1 Å². The zero-order valence-corrected chi connectivity index (χ0v) is 19.4. The molecule has 1 aliphatic heterocycles. The Hall–Kier alpha value is -2.91. The third-order valence-electron chi connectivity index (χ3n) is 5.35. The molecule has 1 atom stereocenters. The maximum atomic E-state index is 13.6. The Morgan fingerprint density at radius 3 is 2.72 bits per heavy atom. The largest absolute Gasteiger partial charge is 0.461 e. The number of nitrogens with one attached hydrogen (secondary N) is 1. The number of rotatable bonds is 8. The van der Waals surface area contributed by atoms with E-state index in [1.54, 1.807) is 39.2 Å². The van der Waals surface area contributed by atoms with Crippen molar-refractivity contribution in [1.82, 2.24) is 15.1 Å². The van der Waals surface area contributed by atoms with E-state index in [1.165, 1.54) is 15.6 Å². The fraction of sp³-hybridized carbons (Fsp3) is 0.455. The molecule has 0 saturated heterocycles. The van der Waals surface area contributed by atoms with Gasteiger partial charge in [-0.25, -0.2) is 4.79 Å². The van der Waals surface area contributed by atoms with Gasteiger partial charge < -0.3 is 14.8 Å². The van der Waals surface area contributed by atoms with Crippen LogP contribution in [0, 0.1) is 6.92 Å². The molecule has 172 valence electrons. The van der Waals surface area contributed by atoms with Gasteiger partial charge in [0, 0.05) is 37.0 Å². The standard InChI is InChI=1S/C22H27ClN4O5/c1-5-32-20(29)17-12-18-19(28)27(15-8-7-14(2)16(23)11-15)22(3,13-26(18)25-17)21(30)24-9-6-10-31-4/h7-8,11-12H,5-6,9-10,13H2,1-4H3,(H,24,30). The predicted octanol–water partition coefficient (Wildman–Crippen LogP) is 2.59. The monoisotopic (exact) mass is 462 g/mol. The quantitative estimate of drug-likeness (QED) is 0.478. The number of anilines is 1. The van der Waals surface area contributed by atoms with Gasteiger partial charge in [-0.05, 0) is 44.9 Å². The molecule has 2 amide bonds. The van der Waals surface area contributed by atoms with E-state index in [-0.39, 0.29) is 30.4 Å². The lowest BCUT2D eigenvalue weighted by atomic mass is 9.93. The first kappa shape index (κ1) is 23.7. The van der Waals surface area contributed by atoms with E-state index in [9.17, 15) is 14.4 Å². The highest BCUT2D eigenvalue weighted by Crippen LogP contribution is 2.34. The lowest BCUT2D eigenvalue weighted by Gasteiger charge is -2.43. The van der Waals surface area contributed by atoms with E-state index in [4.69, 9.17) is 21.1 Å². The minimum Gasteiger partial charge on any atom is -0.461 e. The van der Waals surface area contributed by atoms with Gasteiger partial charge in [-0.2, -0.15) is 5.10 Å². The van der Waals surface area contributed by atoms with E-state index >= 15 is 0 Å². The molecule has 2 heterocycles. The number of hydrogen-bond acceptors (Lipinski definition) is 6. The molecule has 2 aromatic rings. The fourth-order valence-corrected chi connectivity index (χ4v) is 3.80. The van der Waals surface area contributed by atoms with Crippen LogP contribution in [0.5, 0.6) is 0 Å². The Labute approximate surface area is 191 Å². The molecule has 0 saturated carbocycles. The van der Waals surface area contributed by atoms with Crippen molar-refractivity contribution < 1.29 is 23.9 Å². The van der Waals surface area contributed by atoms with Crippen LogP contribution in [-0.4, -0.2) is 60.0 Å². The number of carbonyl (C=O) groups is 3. The molecule has 1 N–H and O–H groups in total. The van der Waals surface area contributed by atoms with Gasteiger partial charge in [0.15, 0.2) is 5.69 Å². The number of benzene rings is 1. The molecule has 1 aromatic carbocycles. The topological polar surface area (TPSA) is 103 Å². The summed E-state index contributed by atoms with van der Waals surface area (Å²) in [6.07, 6.45) is 0.628. The molecule has 1 aliphatic rings. The van der Waals surface area contributed by atoms with Crippen LogP contribution in [0.3, 0.4) is 0 Å². The first-order valence-corrected chi connectivity index (χ1v) is 10.7. The molecular weight excluding hydrogens is 436 g/mol. The van der Waals surface area contributed by atoms with E-state index in [1.807, 2.05) is 6.92 Å². The highest BCUT2D eigenvalue weighted by molar-refractivity contribution is 6.31. The Kier molecular flexibility index (Phi) is 7.20. The van der Waals surface area contributed by atoms with E-state index in [2.05, 4.69) is 10.4 Å². The Morgan fingerprint density at radius 1 is 1.31 bits per heavy atom. The molecule has 1 unspecified atom stereocenters. The van der Waals surface area contributed by atoms with Gasteiger partial charge in [0.25, 0.3) is 5.91 Å². The molecule has 32 heavy (non-hydrogen) atoms. The average Bonchev–Trinajstić information content (AvgIpc) is 3.18. The van der Waals surface area contributed by atoms with Crippen LogP contribution in [0.25, 0.3) is 0 Å². The lowest BCUT2D eigenvalue weighted by Crippen LogP contribution is -2.64. The summed E-state index contributed by atoms with van der Waals surface area (Å²) in [5.74, 6) is -1.44. The van der Waals surface area contributed by atoms with Crippen molar-refractivity contribution in [2.45, 2.75) is 39.3 Å². The number of carbonyl (C=O) groups excluding carboxylic acids is 3. The van der Waals surface area contributed by atoms with Crippen LogP contribution >= 0.6 is 11.6 Å².